The highest BCUT2D eigenvalue weighted by molar-refractivity contribution is 7.98. The lowest BCUT2D eigenvalue weighted by molar-refractivity contribution is 0.381. The van der Waals surface area contributed by atoms with Crippen molar-refractivity contribution >= 4 is 11.8 Å². The summed E-state index contributed by atoms with van der Waals surface area (Å²) in [5.41, 5.74) is 3.36. The summed E-state index contributed by atoms with van der Waals surface area (Å²) < 4.78 is 10.9. The molecule has 6 nitrogen and oxygen atoms in total. The number of aryl methyl sites for hydroxylation is 2. The van der Waals surface area contributed by atoms with E-state index >= 15 is 0 Å². The molecule has 0 aliphatic carbocycles. The molecule has 0 unspecified atom stereocenters. The fraction of sp³-hybridized carbons (Fsp3) is 0.412. The lowest BCUT2D eigenvalue weighted by atomic mass is 10.1. The van der Waals surface area contributed by atoms with Crippen LogP contribution in [-0.2, 0) is 12.2 Å². The third kappa shape index (κ3) is 4.03. The Hall–Kier alpha value is -2.15. The van der Waals surface area contributed by atoms with E-state index in [2.05, 4.69) is 54.1 Å². The first-order valence-electron chi connectivity index (χ1n) is 7.86. The van der Waals surface area contributed by atoms with Gasteiger partial charge in [0.1, 0.15) is 0 Å². The van der Waals surface area contributed by atoms with Crippen molar-refractivity contribution in [3.05, 3.63) is 41.0 Å². The van der Waals surface area contributed by atoms with Gasteiger partial charge < -0.3 is 8.94 Å². The van der Waals surface area contributed by atoms with Gasteiger partial charge in [-0.3, -0.25) is 0 Å². The highest BCUT2D eigenvalue weighted by atomic mass is 32.2. The van der Waals surface area contributed by atoms with E-state index in [9.17, 15) is 0 Å². The lowest BCUT2D eigenvalue weighted by Crippen LogP contribution is -1.96. The monoisotopic (exact) mass is 344 g/mol. The van der Waals surface area contributed by atoms with Gasteiger partial charge in [0.25, 0.3) is 5.22 Å². The average Bonchev–Trinajstić information content (AvgIpc) is 3.17. The van der Waals surface area contributed by atoms with Gasteiger partial charge in [0.2, 0.25) is 11.8 Å². The number of hydrogen-bond donors (Lipinski definition) is 0. The summed E-state index contributed by atoms with van der Waals surface area (Å²) in [4.78, 5) is 4.36. The largest absolute Gasteiger partial charge is 0.411 e. The summed E-state index contributed by atoms with van der Waals surface area (Å²) >= 11 is 1.39. The molecule has 126 valence electrons. The molecule has 24 heavy (non-hydrogen) atoms. The third-order valence-corrected chi connectivity index (χ3v) is 4.38. The van der Waals surface area contributed by atoms with E-state index in [1.54, 1.807) is 0 Å². The Balaban J connectivity index is 1.63. The Morgan fingerprint density at radius 2 is 1.96 bits per heavy atom. The maximum absolute atomic E-state index is 5.71. The van der Waals surface area contributed by atoms with Crippen LogP contribution in [0.1, 0.15) is 36.7 Å². The van der Waals surface area contributed by atoms with Crippen molar-refractivity contribution in [3.63, 3.8) is 0 Å². The molecule has 0 bridgehead atoms. The first-order chi connectivity index (χ1) is 11.5. The Bertz CT molecular complexity index is 826. The fourth-order valence-corrected chi connectivity index (χ4v) is 2.78. The lowest BCUT2D eigenvalue weighted by Gasteiger charge is -2.00. The Morgan fingerprint density at radius 3 is 2.71 bits per heavy atom. The zero-order valence-corrected chi connectivity index (χ0v) is 15.1. The smallest absolute Gasteiger partial charge is 0.277 e. The van der Waals surface area contributed by atoms with Crippen molar-refractivity contribution in [2.24, 2.45) is 5.92 Å². The fourth-order valence-electron chi connectivity index (χ4n) is 2.18. The Labute approximate surface area is 145 Å². The molecule has 0 aliphatic heterocycles. The van der Waals surface area contributed by atoms with Crippen LogP contribution in [0.5, 0.6) is 0 Å². The van der Waals surface area contributed by atoms with Crippen LogP contribution in [0.2, 0.25) is 0 Å². The Morgan fingerprint density at radius 1 is 1.12 bits per heavy atom. The van der Waals surface area contributed by atoms with Crippen LogP contribution in [0.4, 0.5) is 0 Å². The minimum atomic E-state index is 0.492. The standard InChI is InChI=1S/C17H20N4O2S/c1-10(2)7-14-18-15(23-21-14)9-24-17-20-19-16(22-17)13-6-5-11(3)12(4)8-13/h5-6,8,10H,7,9H2,1-4H3. The first-order valence-corrected chi connectivity index (χ1v) is 8.85. The molecule has 2 heterocycles. The van der Waals surface area contributed by atoms with Crippen molar-refractivity contribution < 1.29 is 8.94 Å². The van der Waals surface area contributed by atoms with Gasteiger partial charge in [0, 0.05) is 12.0 Å². The van der Waals surface area contributed by atoms with E-state index < -0.39 is 0 Å². The van der Waals surface area contributed by atoms with Crippen molar-refractivity contribution in [2.75, 3.05) is 0 Å². The van der Waals surface area contributed by atoms with E-state index in [-0.39, 0.29) is 0 Å². The molecule has 3 aromatic rings. The van der Waals surface area contributed by atoms with E-state index in [4.69, 9.17) is 8.94 Å². The van der Waals surface area contributed by atoms with Gasteiger partial charge in [-0.25, -0.2) is 0 Å². The summed E-state index contributed by atoms with van der Waals surface area (Å²) in [7, 11) is 0. The maximum atomic E-state index is 5.71. The van der Waals surface area contributed by atoms with Gasteiger partial charge in [-0.1, -0.05) is 36.8 Å². The average molecular weight is 344 g/mol. The number of aromatic nitrogens is 4. The molecule has 2 aromatic heterocycles. The molecule has 7 heteroatoms. The molecule has 0 atom stereocenters. The predicted molar refractivity (Wildman–Crippen MR) is 91.6 cm³/mol. The van der Waals surface area contributed by atoms with Gasteiger partial charge in [-0.15, -0.1) is 10.2 Å². The SMILES string of the molecule is Cc1ccc(-c2nnc(SCc3nc(CC(C)C)no3)o2)cc1C. The summed E-state index contributed by atoms with van der Waals surface area (Å²) in [5, 5.41) is 12.6. The number of benzene rings is 1. The van der Waals surface area contributed by atoms with Crippen molar-refractivity contribution in [1.82, 2.24) is 20.3 Å². The first kappa shape index (κ1) is 16.7. The molecular weight excluding hydrogens is 324 g/mol. The molecule has 0 aliphatic rings. The summed E-state index contributed by atoms with van der Waals surface area (Å²) in [6.07, 6.45) is 0.811. The second-order valence-electron chi connectivity index (χ2n) is 6.16. The quantitative estimate of drug-likeness (QED) is 0.619. The highest BCUT2D eigenvalue weighted by Gasteiger charge is 2.13. The number of rotatable bonds is 6. The van der Waals surface area contributed by atoms with E-state index in [1.165, 1.54) is 22.9 Å². The van der Waals surface area contributed by atoms with Crippen LogP contribution in [0, 0.1) is 19.8 Å². The molecule has 0 fully saturated rings. The second kappa shape index (κ2) is 7.17. The minimum Gasteiger partial charge on any atom is -0.411 e. The van der Waals surface area contributed by atoms with Crippen LogP contribution in [0.3, 0.4) is 0 Å². The molecule has 0 N–H and O–H groups in total. The highest BCUT2D eigenvalue weighted by Crippen LogP contribution is 2.26. The van der Waals surface area contributed by atoms with Crippen LogP contribution < -0.4 is 0 Å². The predicted octanol–water partition coefficient (Wildman–Crippen LogP) is 4.23. The third-order valence-electron chi connectivity index (χ3n) is 3.58. The van der Waals surface area contributed by atoms with Crippen molar-refractivity contribution in [1.29, 1.82) is 0 Å². The zero-order chi connectivity index (χ0) is 17.1. The molecular formula is C17H20N4O2S. The number of nitrogens with zero attached hydrogens (tertiary/aromatic N) is 4. The topological polar surface area (TPSA) is 77.8 Å². The van der Waals surface area contributed by atoms with Gasteiger partial charge in [-0.05, 0) is 43.0 Å². The summed E-state index contributed by atoms with van der Waals surface area (Å²) in [6.45, 7) is 8.39. The number of hydrogen-bond acceptors (Lipinski definition) is 7. The minimum absolute atomic E-state index is 0.492. The van der Waals surface area contributed by atoms with Crippen LogP contribution >= 0.6 is 11.8 Å². The molecule has 0 amide bonds. The number of thioether (sulfide) groups is 1. The normalized spacial score (nSPS) is 11.4. The molecule has 3 rings (SSSR count). The Kier molecular flexibility index (Phi) is 4.99. The zero-order valence-electron chi connectivity index (χ0n) is 14.2. The molecule has 0 radical (unpaired) electrons. The van der Waals surface area contributed by atoms with E-state index in [0.717, 1.165) is 17.8 Å². The molecule has 0 saturated carbocycles. The van der Waals surface area contributed by atoms with E-state index in [0.29, 0.717) is 28.7 Å². The van der Waals surface area contributed by atoms with Crippen LogP contribution in [0.25, 0.3) is 11.5 Å². The van der Waals surface area contributed by atoms with Gasteiger partial charge >= 0.3 is 0 Å². The summed E-state index contributed by atoms with van der Waals surface area (Å²) in [5.74, 6) is 2.84. The van der Waals surface area contributed by atoms with Crippen molar-refractivity contribution in [3.8, 4) is 11.5 Å². The van der Waals surface area contributed by atoms with Crippen LogP contribution in [-0.4, -0.2) is 20.3 Å². The van der Waals surface area contributed by atoms with Gasteiger partial charge in [-0.2, -0.15) is 4.98 Å². The molecule has 0 spiro atoms. The van der Waals surface area contributed by atoms with Crippen molar-refractivity contribution in [2.45, 2.75) is 45.1 Å². The maximum Gasteiger partial charge on any atom is 0.277 e. The van der Waals surface area contributed by atoms with Crippen LogP contribution in [0.15, 0.2) is 32.4 Å². The summed E-state index contributed by atoms with van der Waals surface area (Å²) in [6, 6.07) is 6.09. The second-order valence-corrected chi connectivity index (χ2v) is 7.09. The molecule has 1 aromatic carbocycles. The van der Waals surface area contributed by atoms with Gasteiger partial charge in [0.15, 0.2) is 5.82 Å². The van der Waals surface area contributed by atoms with Gasteiger partial charge in [0.05, 0.1) is 5.75 Å². The van der Waals surface area contributed by atoms with E-state index in [1.807, 2.05) is 12.1 Å². The molecule has 0 saturated heterocycles.